The second-order valence-electron chi connectivity index (χ2n) is 12.1. The van der Waals surface area contributed by atoms with Crippen LogP contribution in [0.15, 0.2) is 78.9 Å². The highest BCUT2D eigenvalue weighted by atomic mass is 16.6. The summed E-state index contributed by atoms with van der Waals surface area (Å²) in [6, 6.07) is 18.5. The molecular weight excluding hydrogens is 618 g/mol. The summed E-state index contributed by atoms with van der Waals surface area (Å²) in [6.07, 6.45) is 21.5. The van der Waals surface area contributed by atoms with E-state index in [9.17, 15) is 19.7 Å². The summed E-state index contributed by atoms with van der Waals surface area (Å²) in [5.74, 6) is 0.0844. The average molecular weight is 670 g/mol. The molecule has 0 atom stereocenters. The lowest BCUT2D eigenvalue weighted by molar-refractivity contribution is -0.385. The molecule has 49 heavy (non-hydrogen) atoms. The van der Waals surface area contributed by atoms with Crippen LogP contribution >= 0.6 is 0 Å². The van der Waals surface area contributed by atoms with Gasteiger partial charge in [-0.15, -0.1) is 0 Å². The number of nitro benzene ring substituents is 1. The van der Waals surface area contributed by atoms with Crippen LogP contribution in [0.4, 0.5) is 5.69 Å². The Kier molecular flexibility index (Phi) is 18.0. The number of allylic oxidation sites excluding steroid dienone is 1. The van der Waals surface area contributed by atoms with Gasteiger partial charge < -0.3 is 14.2 Å². The number of unbranched alkanes of at least 4 members (excludes halogenated alkanes) is 11. The summed E-state index contributed by atoms with van der Waals surface area (Å²) in [5, 5.41) is 11.8. The van der Waals surface area contributed by atoms with Crippen molar-refractivity contribution in [2.24, 2.45) is 0 Å². The van der Waals surface area contributed by atoms with E-state index in [0.29, 0.717) is 13.2 Å². The second kappa shape index (κ2) is 22.8. The Morgan fingerprint density at radius 1 is 0.633 bits per heavy atom. The van der Waals surface area contributed by atoms with Gasteiger partial charge in [-0.05, 0) is 72.5 Å². The smallest absolute Gasteiger partial charge is 0.336 e. The van der Waals surface area contributed by atoms with E-state index in [0.717, 1.165) is 54.4 Å². The van der Waals surface area contributed by atoms with Crippen molar-refractivity contribution in [2.45, 2.75) is 97.3 Å². The van der Waals surface area contributed by atoms with Crippen molar-refractivity contribution in [3.63, 3.8) is 0 Å². The van der Waals surface area contributed by atoms with Crippen LogP contribution in [0.5, 0.6) is 17.2 Å². The van der Waals surface area contributed by atoms with Crippen LogP contribution in [0.3, 0.4) is 0 Å². The Morgan fingerprint density at radius 3 is 1.59 bits per heavy atom. The van der Waals surface area contributed by atoms with Gasteiger partial charge in [-0.25, -0.2) is 4.79 Å². The van der Waals surface area contributed by atoms with Gasteiger partial charge in [-0.1, -0.05) is 115 Å². The van der Waals surface area contributed by atoms with Gasteiger partial charge in [0, 0.05) is 17.7 Å². The number of hydrogen-bond donors (Lipinski definition) is 0. The monoisotopic (exact) mass is 669 g/mol. The van der Waals surface area contributed by atoms with E-state index in [2.05, 4.69) is 13.8 Å². The van der Waals surface area contributed by atoms with Crippen LogP contribution in [-0.2, 0) is 4.79 Å². The Balaban J connectivity index is 1.46. The summed E-state index contributed by atoms with van der Waals surface area (Å²) in [4.78, 5) is 36.4. The van der Waals surface area contributed by atoms with Gasteiger partial charge in [0.1, 0.15) is 11.5 Å². The van der Waals surface area contributed by atoms with Crippen LogP contribution in [0.1, 0.15) is 119 Å². The molecule has 262 valence electrons. The number of carbonyl (C=O) groups is 2. The first-order valence-electron chi connectivity index (χ1n) is 17.8. The van der Waals surface area contributed by atoms with Gasteiger partial charge in [-0.3, -0.25) is 14.9 Å². The lowest BCUT2D eigenvalue weighted by atomic mass is 10.1. The molecule has 0 aliphatic carbocycles. The van der Waals surface area contributed by atoms with Gasteiger partial charge in [0.25, 0.3) is 0 Å². The van der Waals surface area contributed by atoms with Crippen molar-refractivity contribution in [1.82, 2.24) is 0 Å². The highest BCUT2D eigenvalue weighted by Crippen LogP contribution is 2.29. The molecule has 0 aromatic heterocycles. The lowest BCUT2D eigenvalue weighted by Gasteiger charge is -2.07. The largest absolute Gasteiger partial charge is 0.494 e. The van der Waals surface area contributed by atoms with Gasteiger partial charge in [0.15, 0.2) is 5.78 Å². The third-order valence-corrected chi connectivity index (χ3v) is 8.03. The van der Waals surface area contributed by atoms with E-state index in [1.54, 1.807) is 12.2 Å². The minimum Gasteiger partial charge on any atom is -0.494 e. The maximum atomic E-state index is 12.8. The molecule has 0 radical (unpaired) electrons. The summed E-state index contributed by atoms with van der Waals surface area (Å²) in [5.41, 5.74) is 1.16. The molecule has 0 bridgehead atoms. The SMILES string of the molecule is CCCCCCCCCCOc1ccc(/C=C/C(=O)Oc2ccc(C(=O)/C=C/c3ccc(OCCCCCCC)cc3)cc2[N+](=O)[O-])cc1. The van der Waals surface area contributed by atoms with Crippen LogP contribution < -0.4 is 14.2 Å². The van der Waals surface area contributed by atoms with Gasteiger partial charge in [0.2, 0.25) is 5.75 Å². The van der Waals surface area contributed by atoms with Crippen LogP contribution in [0.25, 0.3) is 12.2 Å². The molecule has 0 aliphatic heterocycles. The molecule has 0 fully saturated rings. The second-order valence-corrected chi connectivity index (χ2v) is 12.1. The van der Waals surface area contributed by atoms with Gasteiger partial charge >= 0.3 is 11.7 Å². The van der Waals surface area contributed by atoms with Gasteiger partial charge in [0.05, 0.1) is 18.1 Å². The summed E-state index contributed by atoms with van der Waals surface area (Å²) >= 11 is 0. The quantitative estimate of drug-likeness (QED) is 0.0178. The van der Waals surface area contributed by atoms with Crippen molar-refractivity contribution < 1.29 is 28.7 Å². The van der Waals surface area contributed by atoms with E-state index in [1.807, 2.05) is 48.5 Å². The van der Waals surface area contributed by atoms with Crippen molar-refractivity contribution in [3.05, 3.63) is 106 Å². The number of nitro groups is 1. The van der Waals surface area contributed by atoms with Crippen molar-refractivity contribution in [1.29, 1.82) is 0 Å². The zero-order chi connectivity index (χ0) is 35.1. The molecule has 0 aliphatic rings. The Labute approximate surface area is 291 Å². The molecule has 0 saturated carbocycles. The molecule has 0 N–H and O–H groups in total. The molecule has 0 heterocycles. The minimum absolute atomic E-state index is 0.103. The number of ether oxygens (including phenoxy) is 3. The minimum atomic E-state index is -0.777. The predicted molar refractivity (Wildman–Crippen MR) is 196 cm³/mol. The normalized spacial score (nSPS) is 11.2. The topological polar surface area (TPSA) is 105 Å². The van der Waals surface area contributed by atoms with Gasteiger partial charge in [-0.2, -0.15) is 0 Å². The maximum absolute atomic E-state index is 12.8. The average Bonchev–Trinajstić information content (AvgIpc) is 3.11. The number of esters is 1. The van der Waals surface area contributed by atoms with E-state index in [4.69, 9.17) is 14.2 Å². The Bertz CT molecular complexity index is 1490. The van der Waals surface area contributed by atoms with Crippen molar-refractivity contribution in [2.75, 3.05) is 13.2 Å². The summed E-state index contributed by atoms with van der Waals surface area (Å²) < 4.78 is 16.9. The number of nitrogens with zero attached hydrogens (tertiary/aromatic N) is 1. The Morgan fingerprint density at radius 2 is 1.10 bits per heavy atom. The fraction of sp³-hybridized carbons (Fsp3) is 0.415. The molecule has 3 aromatic rings. The zero-order valence-electron chi connectivity index (χ0n) is 29.1. The maximum Gasteiger partial charge on any atom is 0.336 e. The first-order valence-corrected chi connectivity index (χ1v) is 17.8. The lowest BCUT2D eigenvalue weighted by Crippen LogP contribution is -2.07. The molecule has 3 rings (SSSR count). The van der Waals surface area contributed by atoms with Crippen molar-refractivity contribution in [3.8, 4) is 17.2 Å². The van der Waals surface area contributed by atoms with Crippen LogP contribution in [-0.4, -0.2) is 29.9 Å². The number of benzene rings is 3. The number of hydrogen-bond acceptors (Lipinski definition) is 7. The molecule has 8 nitrogen and oxygen atoms in total. The standard InChI is InChI=1S/C41H51NO7/c1-3-5-7-9-10-11-13-15-31-48-37-25-18-34(19-26-37)21-29-41(44)49-40-28-22-35(32-38(40)42(45)46)39(43)27-20-33-16-23-36(24-17-33)47-30-14-12-8-6-4-2/h16-29,32H,3-15,30-31H2,1-2H3/b27-20+,29-21+. The molecule has 0 saturated heterocycles. The van der Waals surface area contributed by atoms with Crippen molar-refractivity contribution >= 4 is 29.6 Å². The van der Waals surface area contributed by atoms with Crippen LogP contribution in [0.2, 0.25) is 0 Å². The van der Waals surface area contributed by atoms with E-state index >= 15 is 0 Å². The summed E-state index contributed by atoms with van der Waals surface area (Å²) in [7, 11) is 0. The molecular formula is C41H51NO7. The fourth-order valence-electron chi connectivity index (χ4n) is 5.15. The third kappa shape index (κ3) is 15.4. The molecule has 8 heteroatoms. The number of rotatable bonds is 24. The van der Waals surface area contributed by atoms with Crippen LogP contribution in [0, 0.1) is 10.1 Å². The molecule has 0 amide bonds. The molecule has 3 aromatic carbocycles. The number of carbonyl (C=O) groups excluding carboxylic acids is 2. The molecule has 0 unspecified atom stereocenters. The summed E-state index contributed by atoms with van der Waals surface area (Å²) in [6.45, 7) is 5.75. The van der Waals surface area contributed by atoms with E-state index < -0.39 is 22.4 Å². The Hall–Kier alpha value is -4.72. The fourth-order valence-corrected chi connectivity index (χ4v) is 5.15. The first kappa shape index (κ1) is 38.7. The highest BCUT2D eigenvalue weighted by Gasteiger charge is 2.20. The number of ketones is 1. The van der Waals surface area contributed by atoms with E-state index in [1.165, 1.54) is 82.1 Å². The molecule has 0 spiro atoms. The zero-order valence-corrected chi connectivity index (χ0v) is 29.1. The highest BCUT2D eigenvalue weighted by molar-refractivity contribution is 6.07. The first-order chi connectivity index (χ1) is 23.9. The predicted octanol–water partition coefficient (Wildman–Crippen LogP) is 11.0. The van der Waals surface area contributed by atoms with E-state index in [-0.39, 0.29) is 11.3 Å². The third-order valence-electron chi connectivity index (χ3n) is 8.03.